The molecule has 3 unspecified atom stereocenters. The normalized spacial score (nSPS) is 14.6. The van der Waals surface area contributed by atoms with Gasteiger partial charge in [-0.1, -0.05) is 4.52 Å². The minimum absolute atomic E-state index is 0. The van der Waals surface area contributed by atoms with Crippen LogP contribution in [0.15, 0.2) is 0 Å². The van der Waals surface area contributed by atoms with Crippen molar-refractivity contribution < 1.29 is 62.6 Å². The Balaban J connectivity index is 0. The number of hydrogen-bond donors (Lipinski definition) is 1. The maximum Gasteiger partial charge on any atom is 1.00 e. The fourth-order valence-electron chi connectivity index (χ4n) is 0.281. The second-order valence-electron chi connectivity index (χ2n) is 1.31. The third-order valence-corrected chi connectivity index (χ3v) is 1.61. The van der Waals surface area contributed by atoms with Crippen molar-refractivity contribution >= 4 is 16.5 Å². The van der Waals surface area contributed by atoms with Crippen LogP contribution < -0.4 is 34.5 Å². The number of hydrogen-bond acceptors (Lipinski definition) is 7. The Morgan fingerprint density at radius 3 is 2.25 bits per heavy atom. The summed E-state index contributed by atoms with van der Waals surface area (Å²) in [4.78, 5) is 9.82. The van der Waals surface area contributed by atoms with Gasteiger partial charge in [0, 0.05) is 4.57 Å². The molecule has 0 aromatic heterocycles. The molecular formula is C2H5NaO7P2+2. The first kappa shape index (κ1) is 15.5. The molecule has 0 spiro atoms. The van der Waals surface area contributed by atoms with Crippen LogP contribution in [0.2, 0.25) is 0 Å². The van der Waals surface area contributed by atoms with Crippen molar-refractivity contribution in [3.63, 3.8) is 0 Å². The van der Waals surface area contributed by atoms with Gasteiger partial charge < -0.3 is 4.89 Å². The summed E-state index contributed by atoms with van der Waals surface area (Å²) in [6, 6.07) is 0. The van der Waals surface area contributed by atoms with Crippen LogP contribution >= 0.6 is 16.5 Å². The summed E-state index contributed by atoms with van der Waals surface area (Å²) in [6.45, 7) is 1.18. The number of rotatable bonds is 5. The summed E-state index contributed by atoms with van der Waals surface area (Å²) in [5.41, 5.74) is 0. The van der Waals surface area contributed by atoms with Gasteiger partial charge in [0.2, 0.25) is 0 Å². The molecule has 0 rings (SSSR count). The zero-order valence-corrected chi connectivity index (χ0v) is 10.2. The Morgan fingerprint density at radius 2 is 1.92 bits per heavy atom. The van der Waals surface area contributed by atoms with Crippen LogP contribution in [0.25, 0.3) is 0 Å². The van der Waals surface area contributed by atoms with Crippen LogP contribution in [-0.4, -0.2) is 11.5 Å². The average molecular weight is 226 g/mol. The van der Waals surface area contributed by atoms with Gasteiger partial charge in [-0.3, -0.25) is 0 Å². The fourth-order valence-corrected chi connectivity index (χ4v) is 0.958. The van der Waals surface area contributed by atoms with E-state index >= 15 is 0 Å². The quantitative estimate of drug-likeness (QED) is 0.182. The molecule has 0 amide bonds. The van der Waals surface area contributed by atoms with Gasteiger partial charge in [0.1, 0.15) is 0 Å². The molecule has 0 saturated carbocycles. The van der Waals surface area contributed by atoms with Gasteiger partial charge in [0.25, 0.3) is 6.29 Å². The Kier molecular flexibility index (Phi) is 11.1. The summed E-state index contributed by atoms with van der Waals surface area (Å²) in [7, 11) is -5.80. The van der Waals surface area contributed by atoms with Crippen LogP contribution in [0.3, 0.4) is 0 Å². The first-order valence-corrected chi connectivity index (χ1v) is 4.52. The minimum Gasteiger partial charge on any atom is -0.566 e. The molecule has 64 valence electrons. The Hall–Kier alpha value is 1.00. The Labute approximate surface area is 92.1 Å². The van der Waals surface area contributed by atoms with E-state index in [0.717, 1.165) is 0 Å². The molecule has 0 bridgehead atoms. The van der Waals surface area contributed by atoms with Crippen LogP contribution in [0.5, 0.6) is 0 Å². The summed E-state index contributed by atoms with van der Waals surface area (Å²) >= 11 is 0. The van der Waals surface area contributed by atoms with Crippen LogP contribution in [0.1, 0.15) is 6.92 Å². The van der Waals surface area contributed by atoms with Gasteiger partial charge >= 0.3 is 46.1 Å². The maximum atomic E-state index is 10.2. The van der Waals surface area contributed by atoms with Gasteiger partial charge in [0.15, 0.2) is 0 Å². The molecule has 12 heavy (non-hydrogen) atoms. The van der Waals surface area contributed by atoms with E-state index in [4.69, 9.17) is 5.26 Å². The monoisotopic (exact) mass is 226 g/mol. The topological polar surface area (TPSA) is 105 Å². The van der Waals surface area contributed by atoms with E-state index in [9.17, 15) is 14.0 Å². The molecule has 0 fully saturated rings. The van der Waals surface area contributed by atoms with E-state index in [1.54, 1.807) is 0 Å². The van der Waals surface area contributed by atoms with E-state index in [1.807, 2.05) is 0 Å². The molecule has 7 nitrogen and oxygen atoms in total. The third kappa shape index (κ3) is 9.09. The maximum absolute atomic E-state index is 10.2. The summed E-state index contributed by atoms with van der Waals surface area (Å²) < 4.78 is 31.3. The smallest absolute Gasteiger partial charge is 0.566 e. The van der Waals surface area contributed by atoms with E-state index in [0.29, 0.717) is 0 Å². The molecule has 0 aromatic rings. The van der Waals surface area contributed by atoms with Gasteiger partial charge in [-0.15, -0.1) is 4.52 Å². The predicted octanol–water partition coefficient (Wildman–Crippen LogP) is -2.47. The van der Waals surface area contributed by atoms with Gasteiger partial charge in [0.05, 0.1) is 4.67 Å². The first-order chi connectivity index (χ1) is 5.06. The van der Waals surface area contributed by atoms with Crippen molar-refractivity contribution in [1.29, 1.82) is 0 Å². The summed E-state index contributed by atoms with van der Waals surface area (Å²) in [6.07, 6.45) is -1.24. The Bertz CT molecular complexity index is 161. The summed E-state index contributed by atoms with van der Waals surface area (Å²) in [5.74, 6) is 0. The molecule has 0 radical (unpaired) electrons. The van der Waals surface area contributed by atoms with E-state index < -0.39 is 22.8 Å². The standard InChI is InChI=1S/C2H4O7P2.Na/c1-2(7-10(4)5)8-11(6)9-3;/h2H,1H3;/q;+1/p+1. The molecule has 0 aromatic carbocycles. The predicted molar refractivity (Wildman–Crippen MR) is 30.6 cm³/mol. The molecular weight excluding hydrogens is 221 g/mol. The molecule has 3 atom stereocenters. The fraction of sp³-hybridized carbons (Fsp3) is 1.00. The SMILES string of the molecule is CC(O[P+](=O)[O-])O[P+](=O)OO.[Na+]. The Morgan fingerprint density at radius 1 is 1.42 bits per heavy atom. The first-order valence-electron chi connectivity index (χ1n) is 2.33. The van der Waals surface area contributed by atoms with Gasteiger partial charge in [-0.05, 0) is 11.5 Å². The molecule has 0 aliphatic heterocycles. The molecule has 1 N–H and O–H groups in total. The van der Waals surface area contributed by atoms with Crippen molar-refractivity contribution in [2.75, 3.05) is 0 Å². The van der Waals surface area contributed by atoms with Crippen molar-refractivity contribution in [3.8, 4) is 0 Å². The molecule has 10 heteroatoms. The van der Waals surface area contributed by atoms with E-state index in [1.165, 1.54) is 6.92 Å². The minimum atomic E-state index is -3.07. The summed E-state index contributed by atoms with van der Waals surface area (Å²) in [5, 5.41) is 7.70. The second kappa shape index (κ2) is 8.59. The third-order valence-electron chi connectivity index (χ3n) is 0.536. The molecule has 0 aliphatic carbocycles. The second-order valence-corrected chi connectivity index (χ2v) is 2.79. The van der Waals surface area contributed by atoms with Gasteiger partial charge in [-0.25, -0.2) is 5.26 Å². The van der Waals surface area contributed by atoms with Crippen molar-refractivity contribution in [3.05, 3.63) is 0 Å². The molecule has 0 heterocycles. The zero-order valence-electron chi connectivity index (χ0n) is 6.37. The van der Waals surface area contributed by atoms with E-state index in [-0.39, 0.29) is 29.6 Å². The van der Waals surface area contributed by atoms with Crippen molar-refractivity contribution in [2.45, 2.75) is 13.2 Å². The zero-order chi connectivity index (χ0) is 8.85. The van der Waals surface area contributed by atoms with Crippen LogP contribution in [0.4, 0.5) is 0 Å². The van der Waals surface area contributed by atoms with E-state index in [2.05, 4.69) is 13.7 Å². The largest absolute Gasteiger partial charge is 1.00 e. The average Bonchev–Trinajstić information content (AvgIpc) is 1.85. The van der Waals surface area contributed by atoms with Crippen molar-refractivity contribution in [1.82, 2.24) is 0 Å². The van der Waals surface area contributed by atoms with Crippen molar-refractivity contribution in [2.24, 2.45) is 0 Å². The molecule has 0 aliphatic rings. The van der Waals surface area contributed by atoms with Crippen LogP contribution in [0, 0.1) is 0 Å². The van der Waals surface area contributed by atoms with Crippen LogP contribution in [-0.2, 0) is 22.9 Å². The van der Waals surface area contributed by atoms with Gasteiger partial charge in [-0.2, -0.15) is 0 Å². The molecule has 0 saturated heterocycles.